The van der Waals surface area contributed by atoms with Crippen LogP contribution >= 0.6 is 0 Å². The molecule has 0 aliphatic rings. The Morgan fingerprint density at radius 3 is 1.88 bits per heavy atom. The van der Waals surface area contributed by atoms with Crippen molar-refractivity contribution in [1.82, 2.24) is 0 Å². The lowest BCUT2D eigenvalue weighted by atomic mass is 10.3. The number of carbonyl (C=O) groups excluding carboxylic acids is 2. The Bertz CT molecular complexity index is 328. The van der Waals surface area contributed by atoms with Crippen molar-refractivity contribution in [2.45, 2.75) is 46.1 Å². The molecule has 0 fully saturated rings. The average Bonchev–Trinajstić information content (AvgIpc) is 2.12. The van der Waals surface area contributed by atoms with E-state index in [4.69, 9.17) is 15.2 Å². The van der Waals surface area contributed by atoms with E-state index >= 15 is 0 Å². The largest absolute Gasteiger partial charge is 0.436 e. The number of hydrogen-bond acceptors (Lipinski definition) is 7. The fourth-order valence-electron chi connectivity index (χ4n) is 1.01. The van der Waals surface area contributed by atoms with E-state index in [-0.39, 0.29) is 6.54 Å². The number of ether oxygens (including phenoxy) is 2. The summed E-state index contributed by atoms with van der Waals surface area (Å²) in [6.45, 7) is 7.13. The minimum absolute atomic E-state index is 0.0216. The second-order valence-corrected chi connectivity index (χ2v) is 4.21. The monoisotopic (exact) mass is 245 g/mol. The molecule has 0 heterocycles. The Balaban J connectivity index is 4.76. The van der Waals surface area contributed by atoms with Gasteiger partial charge in [-0.1, -0.05) is 0 Å². The summed E-state index contributed by atoms with van der Waals surface area (Å²) in [5.41, 5.74) is 3.08. The molecule has 0 bridgehead atoms. The van der Waals surface area contributed by atoms with E-state index in [9.17, 15) is 9.59 Å². The summed E-state index contributed by atoms with van der Waals surface area (Å²) < 4.78 is 9.82. The number of nitrogens with two attached hydrogens (primary N) is 1. The highest BCUT2D eigenvalue weighted by atomic mass is 16.6. The molecule has 0 aromatic rings. The van der Waals surface area contributed by atoms with Crippen LogP contribution in [-0.2, 0) is 19.1 Å². The molecule has 0 aromatic carbocycles. The van der Waals surface area contributed by atoms with E-state index < -0.39 is 23.4 Å². The fourth-order valence-corrected chi connectivity index (χ4v) is 1.01. The van der Waals surface area contributed by atoms with Crippen LogP contribution < -0.4 is 5.73 Å². The summed E-state index contributed by atoms with van der Waals surface area (Å²) in [5.74, 6) is -0.988. The van der Waals surface area contributed by atoms with Gasteiger partial charge in [-0.3, -0.25) is 9.59 Å². The van der Waals surface area contributed by atoms with Gasteiger partial charge in [-0.2, -0.15) is 0 Å². The minimum atomic E-state index is -1.25. The first-order valence-corrected chi connectivity index (χ1v) is 5.13. The molecule has 0 radical (unpaired) electrons. The lowest BCUT2D eigenvalue weighted by Gasteiger charge is -2.24. The first kappa shape index (κ1) is 15.5. The van der Waals surface area contributed by atoms with Gasteiger partial charge in [-0.15, -0.1) is 10.2 Å². The maximum Gasteiger partial charge on any atom is 0.304 e. The van der Waals surface area contributed by atoms with E-state index in [1.807, 2.05) is 0 Å². The Labute approximate surface area is 100 Å². The normalized spacial score (nSPS) is 15.4. The molecule has 98 valence electrons. The molecule has 1 atom stereocenters. The lowest BCUT2D eigenvalue weighted by Crippen LogP contribution is -2.37. The molecule has 0 saturated carbocycles. The number of esters is 2. The van der Waals surface area contributed by atoms with Gasteiger partial charge in [-0.25, -0.2) is 0 Å². The van der Waals surface area contributed by atoms with Crippen LogP contribution in [0.25, 0.3) is 0 Å². The molecule has 0 aliphatic carbocycles. The highest BCUT2D eigenvalue weighted by Crippen LogP contribution is 2.18. The second kappa shape index (κ2) is 5.72. The number of rotatable bonds is 5. The van der Waals surface area contributed by atoms with Crippen LogP contribution in [0.2, 0.25) is 0 Å². The SMILES string of the molecule is CC(=O)OC(C)(C)N=NC(C)(CN)OC(C)=O. The smallest absolute Gasteiger partial charge is 0.304 e. The topological polar surface area (TPSA) is 103 Å². The minimum Gasteiger partial charge on any atom is -0.436 e. The van der Waals surface area contributed by atoms with Crippen molar-refractivity contribution >= 4 is 11.9 Å². The number of hydrogen-bond donors (Lipinski definition) is 1. The summed E-state index contributed by atoms with van der Waals surface area (Å²) in [4.78, 5) is 21.7. The number of azo groups is 1. The van der Waals surface area contributed by atoms with Gasteiger partial charge in [0.2, 0.25) is 11.4 Å². The summed E-state index contributed by atoms with van der Waals surface area (Å²) in [6, 6.07) is 0. The van der Waals surface area contributed by atoms with Crippen LogP contribution in [0.1, 0.15) is 34.6 Å². The third kappa shape index (κ3) is 6.62. The summed E-state index contributed by atoms with van der Waals surface area (Å²) in [6.07, 6.45) is 0. The summed E-state index contributed by atoms with van der Waals surface area (Å²) >= 11 is 0. The van der Waals surface area contributed by atoms with Gasteiger partial charge in [0.25, 0.3) is 0 Å². The zero-order valence-electron chi connectivity index (χ0n) is 10.8. The van der Waals surface area contributed by atoms with Crippen LogP contribution in [0.5, 0.6) is 0 Å². The first-order valence-electron chi connectivity index (χ1n) is 5.13. The predicted octanol–water partition coefficient (Wildman–Crippen LogP) is 0.976. The number of carbonyl (C=O) groups is 2. The molecule has 0 rings (SSSR count). The van der Waals surface area contributed by atoms with Crippen LogP contribution in [0.4, 0.5) is 0 Å². The third-order valence-electron chi connectivity index (χ3n) is 1.64. The molecule has 1 unspecified atom stereocenters. The van der Waals surface area contributed by atoms with Crippen molar-refractivity contribution in [1.29, 1.82) is 0 Å². The molecule has 17 heavy (non-hydrogen) atoms. The van der Waals surface area contributed by atoms with Gasteiger partial charge in [0.05, 0.1) is 6.54 Å². The standard InChI is InChI=1S/C10H19N3O4/c1-7(14)16-9(3,4)12-13-10(5,6-11)17-8(2)15/h6,11H2,1-5H3. The second-order valence-electron chi connectivity index (χ2n) is 4.21. The average molecular weight is 245 g/mol. The quantitative estimate of drug-likeness (QED) is 0.574. The van der Waals surface area contributed by atoms with Crippen molar-refractivity contribution in [3.63, 3.8) is 0 Å². The maximum atomic E-state index is 10.9. The third-order valence-corrected chi connectivity index (χ3v) is 1.64. The summed E-state index contributed by atoms with van der Waals surface area (Å²) in [5, 5.41) is 7.64. The number of nitrogens with zero attached hydrogens (tertiary/aromatic N) is 2. The maximum absolute atomic E-state index is 10.9. The fraction of sp³-hybridized carbons (Fsp3) is 0.800. The van der Waals surface area contributed by atoms with Gasteiger partial charge in [0.1, 0.15) is 0 Å². The van der Waals surface area contributed by atoms with E-state index in [1.54, 1.807) is 13.8 Å². The van der Waals surface area contributed by atoms with Crippen molar-refractivity contribution < 1.29 is 19.1 Å². The van der Waals surface area contributed by atoms with E-state index in [0.29, 0.717) is 0 Å². The Morgan fingerprint density at radius 1 is 1.06 bits per heavy atom. The molecule has 7 nitrogen and oxygen atoms in total. The lowest BCUT2D eigenvalue weighted by molar-refractivity contribution is -0.158. The van der Waals surface area contributed by atoms with E-state index in [0.717, 1.165) is 0 Å². The molecule has 7 heteroatoms. The molecule has 0 saturated heterocycles. The highest BCUT2D eigenvalue weighted by molar-refractivity contribution is 5.66. The van der Waals surface area contributed by atoms with Gasteiger partial charge in [0.15, 0.2) is 0 Å². The van der Waals surface area contributed by atoms with Crippen molar-refractivity contribution in [2.24, 2.45) is 16.0 Å². The van der Waals surface area contributed by atoms with Crippen LogP contribution in [0, 0.1) is 0 Å². The Hall–Kier alpha value is -1.50. The first-order chi connectivity index (χ1) is 7.60. The van der Waals surface area contributed by atoms with E-state index in [1.165, 1.54) is 20.8 Å². The Morgan fingerprint density at radius 2 is 1.53 bits per heavy atom. The Kier molecular flexibility index (Phi) is 5.21. The van der Waals surface area contributed by atoms with Gasteiger partial charge in [-0.05, 0) is 20.8 Å². The summed E-state index contributed by atoms with van der Waals surface area (Å²) in [7, 11) is 0. The van der Waals surface area contributed by atoms with Crippen LogP contribution in [-0.4, -0.2) is 29.9 Å². The van der Waals surface area contributed by atoms with Crippen molar-refractivity contribution in [3.8, 4) is 0 Å². The van der Waals surface area contributed by atoms with Crippen LogP contribution in [0.15, 0.2) is 10.2 Å². The van der Waals surface area contributed by atoms with Gasteiger partial charge in [0, 0.05) is 13.8 Å². The molecular formula is C10H19N3O4. The molecular weight excluding hydrogens is 226 g/mol. The molecule has 2 N–H and O–H groups in total. The van der Waals surface area contributed by atoms with Crippen LogP contribution in [0.3, 0.4) is 0 Å². The van der Waals surface area contributed by atoms with E-state index in [2.05, 4.69) is 10.2 Å². The highest BCUT2D eigenvalue weighted by Gasteiger charge is 2.28. The zero-order valence-corrected chi connectivity index (χ0v) is 10.8. The van der Waals surface area contributed by atoms with Gasteiger partial charge >= 0.3 is 11.9 Å². The van der Waals surface area contributed by atoms with Crippen molar-refractivity contribution in [3.05, 3.63) is 0 Å². The predicted molar refractivity (Wildman–Crippen MR) is 59.9 cm³/mol. The molecule has 0 amide bonds. The molecule has 0 aliphatic heterocycles. The molecule has 0 aromatic heterocycles. The van der Waals surface area contributed by atoms with Gasteiger partial charge < -0.3 is 15.2 Å². The zero-order chi connectivity index (χ0) is 13.7. The van der Waals surface area contributed by atoms with Crippen molar-refractivity contribution in [2.75, 3.05) is 6.54 Å². The molecule has 0 spiro atoms.